The molecule has 2 aliphatic heterocycles. The molecule has 4 fully saturated rings. The Hall–Kier alpha value is -3.45. The molecule has 8 unspecified atom stereocenters. The van der Waals surface area contributed by atoms with Gasteiger partial charge >= 0.3 is 0 Å². The van der Waals surface area contributed by atoms with Gasteiger partial charge in [0.2, 0.25) is 0 Å². The standard InChI is InChI=1S/C45H45N3S2/c1-3-12-28(13-4-1)32-16-7-8-17-33(32)30-22-24-34-35-25-23-31(27-41(35)50-40(34)26-30)44-46-43(29-14-5-2-6-15-29)47-45(48-44)37-19-11-21-39-42(37)36-18-9-10-20-38(36)49-39/h1-8,12-17,22-27,36-39,42-48H,9-11,18-21H2. The van der Waals surface area contributed by atoms with Crippen LogP contribution >= 0.6 is 23.1 Å². The van der Waals surface area contributed by atoms with Crippen molar-refractivity contribution in [3.8, 4) is 22.3 Å². The van der Waals surface area contributed by atoms with Gasteiger partial charge in [0.1, 0.15) is 0 Å². The number of rotatable bonds is 5. The highest BCUT2D eigenvalue weighted by Gasteiger charge is 2.51. The largest absolute Gasteiger partial charge is 0.282 e. The summed E-state index contributed by atoms with van der Waals surface area (Å²) in [7, 11) is 0. The van der Waals surface area contributed by atoms with Crippen LogP contribution in [0.1, 0.15) is 68.4 Å². The van der Waals surface area contributed by atoms with Crippen molar-refractivity contribution in [1.82, 2.24) is 16.0 Å². The fourth-order valence-corrected chi connectivity index (χ4v) is 13.4. The molecule has 5 heteroatoms. The molecule has 252 valence electrons. The Kier molecular flexibility index (Phi) is 8.30. The number of thioether (sulfide) groups is 1. The molecule has 50 heavy (non-hydrogen) atoms. The molecule has 3 heterocycles. The van der Waals surface area contributed by atoms with Crippen LogP contribution < -0.4 is 16.0 Å². The van der Waals surface area contributed by atoms with Gasteiger partial charge in [-0.25, -0.2) is 0 Å². The minimum Gasteiger partial charge on any atom is -0.282 e. The second-order valence-corrected chi connectivity index (χ2v) is 17.6. The van der Waals surface area contributed by atoms with E-state index in [2.05, 4.69) is 149 Å². The molecule has 2 saturated heterocycles. The fraction of sp³-hybridized carbons (Fsp3) is 0.333. The molecule has 8 atom stereocenters. The lowest BCUT2D eigenvalue weighted by Crippen LogP contribution is -2.63. The second-order valence-electron chi connectivity index (χ2n) is 15.1. The van der Waals surface area contributed by atoms with Gasteiger partial charge in [-0.3, -0.25) is 16.0 Å². The zero-order valence-electron chi connectivity index (χ0n) is 28.4. The van der Waals surface area contributed by atoms with Crippen molar-refractivity contribution in [2.24, 2.45) is 17.8 Å². The van der Waals surface area contributed by atoms with E-state index in [0.29, 0.717) is 5.92 Å². The van der Waals surface area contributed by atoms with Gasteiger partial charge in [0, 0.05) is 30.7 Å². The van der Waals surface area contributed by atoms with Crippen LogP contribution in [-0.4, -0.2) is 16.7 Å². The number of fused-ring (bicyclic) bond motifs is 6. The van der Waals surface area contributed by atoms with Crippen LogP contribution in [-0.2, 0) is 0 Å². The lowest BCUT2D eigenvalue weighted by atomic mass is 9.67. The molecule has 0 amide bonds. The second kappa shape index (κ2) is 13.3. The van der Waals surface area contributed by atoms with E-state index in [-0.39, 0.29) is 18.5 Å². The smallest absolute Gasteiger partial charge is 0.0862 e. The van der Waals surface area contributed by atoms with Crippen LogP contribution in [0.15, 0.2) is 121 Å². The van der Waals surface area contributed by atoms with Gasteiger partial charge in [0.15, 0.2) is 0 Å². The minimum atomic E-state index is 0.0750. The SMILES string of the molecule is c1ccc(-c2ccccc2-c2ccc3c(c2)sc2cc(C4NC(c5ccccc5)NC(C5CCCC6SC7CCCCC7C65)N4)ccc23)cc1. The Labute approximate surface area is 304 Å². The number of hydrogen-bond donors (Lipinski definition) is 3. The van der Waals surface area contributed by atoms with Crippen molar-refractivity contribution < 1.29 is 0 Å². The Morgan fingerprint density at radius 2 is 1.12 bits per heavy atom. The maximum atomic E-state index is 4.17. The van der Waals surface area contributed by atoms with Crippen LogP contribution in [0, 0.1) is 17.8 Å². The van der Waals surface area contributed by atoms with Crippen LogP contribution in [0.5, 0.6) is 0 Å². The van der Waals surface area contributed by atoms with Crippen LogP contribution in [0.25, 0.3) is 42.4 Å². The zero-order chi connectivity index (χ0) is 33.0. The fourth-order valence-electron chi connectivity index (χ4n) is 10.0. The Morgan fingerprint density at radius 3 is 1.94 bits per heavy atom. The van der Waals surface area contributed by atoms with Crippen molar-refractivity contribution in [3.05, 3.63) is 132 Å². The lowest BCUT2D eigenvalue weighted by molar-refractivity contribution is 0.0670. The molecule has 0 spiro atoms. The van der Waals surface area contributed by atoms with Crippen molar-refractivity contribution in [2.75, 3.05) is 0 Å². The van der Waals surface area contributed by atoms with E-state index >= 15 is 0 Å². The molecular formula is C45H45N3S2. The summed E-state index contributed by atoms with van der Waals surface area (Å²) in [5.74, 6) is 2.39. The highest BCUT2D eigenvalue weighted by atomic mass is 32.2. The van der Waals surface area contributed by atoms with Gasteiger partial charge in [0.05, 0.1) is 18.5 Å². The topological polar surface area (TPSA) is 36.1 Å². The first-order chi connectivity index (χ1) is 24.8. The van der Waals surface area contributed by atoms with Gasteiger partial charge in [-0.15, -0.1) is 11.3 Å². The summed E-state index contributed by atoms with van der Waals surface area (Å²) in [5.41, 5.74) is 7.74. The number of benzene rings is 5. The van der Waals surface area contributed by atoms with Crippen LogP contribution in [0.3, 0.4) is 0 Å². The molecule has 0 bridgehead atoms. The summed E-state index contributed by atoms with van der Waals surface area (Å²) in [6, 6.07) is 44.9. The monoisotopic (exact) mass is 691 g/mol. The molecule has 4 aliphatic rings. The maximum absolute atomic E-state index is 4.17. The third-order valence-corrected chi connectivity index (χ3v) is 15.2. The number of thiophene rings is 1. The summed E-state index contributed by atoms with van der Waals surface area (Å²) >= 11 is 4.30. The molecule has 2 aliphatic carbocycles. The highest BCUT2D eigenvalue weighted by molar-refractivity contribution is 8.00. The first-order valence-corrected chi connectivity index (χ1v) is 20.6. The summed E-state index contributed by atoms with van der Waals surface area (Å²) in [6.45, 7) is 0. The normalized spacial score (nSPS) is 29.5. The van der Waals surface area contributed by atoms with E-state index in [1.54, 1.807) is 0 Å². The molecule has 2 saturated carbocycles. The van der Waals surface area contributed by atoms with E-state index in [1.807, 2.05) is 11.3 Å². The Bertz CT molecular complexity index is 2130. The third kappa shape index (κ3) is 5.63. The van der Waals surface area contributed by atoms with E-state index < -0.39 is 0 Å². The molecule has 1 aromatic heterocycles. The van der Waals surface area contributed by atoms with Crippen molar-refractivity contribution >= 4 is 43.3 Å². The van der Waals surface area contributed by atoms with Gasteiger partial charge in [-0.1, -0.05) is 128 Å². The first kappa shape index (κ1) is 31.3. The summed E-state index contributed by atoms with van der Waals surface area (Å²) < 4.78 is 2.70. The van der Waals surface area contributed by atoms with E-state index in [0.717, 1.165) is 22.3 Å². The maximum Gasteiger partial charge on any atom is 0.0862 e. The molecule has 3 nitrogen and oxygen atoms in total. The Morgan fingerprint density at radius 1 is 0.480 bits per heavy atom. The summed E-state index contributed by atoms with van der Waals surface area (Å²) in [4.78, 5) is 0. The average Bonchev–Trinajstić information content (AvgIpc) is 3.76. The van der Waals surface area contributed by atoms with E-state index in [1.165, 1.54) is 98.5 Å². The summed E-state index contributed by atoms with van der Waals surface area (Å²) in [5, 5.41) is 16.7. The van der Waals surface area contributed by atoms with Crippen LogP contribution in [0.2, 0.25) is 0 Å². The van der Waals surface area contributed by atoms with Crippen molar-refractivity contribution in [3.63, 3.8) is 0 Å². The predicted molar refractivity (Wildman–Crippen MR) is 213 cm³/mol. The van der Waals surface area contributed by atoms with Crippen molar-refractivity contribution in [2.45, 2.75) is 73.9 Å². The lowest BCUT2D eigenvalue weighted by Gasteiger charge is -2.48. The highest BCUT2D eigenvalue weighted by Crippen LogP contribution is 2.57. The predicted octanol–water partition coefficient (Wildman–Crippen LogP) is 11.3. The van der Waals surface area contributed by atoms with Crippen LogP contribution in [0.4, 0.5) is 0 Å². The molecular weight excluding hydrogens is 647 g/mol. The minimum absolute atomic E-state index is 0.0750. The van der Waals surface area contributed by atoms with Gasteiger partial charge in [-0.2, -0.15) is 11.8 Å². The van der Waals surface area contributed by atoms with Gasteiger partial charge in [-0.05, 0) is 89.0 Å². The van der Waals surface area contributed by atoms with Crippen molar-refractivity contribution in [1.29, 1.82) is 0 Å². The quantitative estimate of drug-likeness (QED) is 0.168. The Balaban J connectivity index is 0.990. The molecule has 6 aromatic rings. The number of hydrogen-bond acceptors (Lipinski definition) is 5. The molecule has 10 rings (SSSR count). The first-order valence-electron chi connectivity index (χ1n) is 18.9. The van der Waals surface area contributed by atoms with E-state index in [4.69, 9.17) is 0 Å². The molecule has 5 aromatic carbocycles. The molecule has 3 N–H and O–H groups in total. The molecule has 0 radical (unpaired) electrons. The third-order valence-electron chi connectivity index (χ3n) is 12.3. The summed E-state index contributed by atoms with van der Waals surface area (Å²) in [6.07, 6.45) is 10.3. The average molecular weight is 692 g/mol. The zero-order valence-corrected chi connectivity index (χ0v) is 30.1. The van der Waals surface area contributed by atoms with Gasteiger partial charge in [0.25, 0.3) is 0 Å². The number of nitrogens with one attached hydrogen (secondary N) is 3. The van der Waals surface area contributed by atoms with Gasteiger partial charge < -0.3 is 0 Å². The van der Waals surface area contributed by atoms with E-state index in [9.17, 15) is 0 Å².